The fraction of sp³-hybridized carbons (Fsp3) is 0.545. The second-order valence-corrected chi connectivity index (χ2v) is 9.21. The van der Waals surface area contributed by atoms with Crippen molar-refractivity contribution in [2.45, 2.75) is 77.3 Å². The molecule has 0 aromatic carbocycles. The predicted octanol–water partition coefficient (Wildman–Crippen LogP) is 7.53. The second-order valence-electron chi connectivity index (χ2n) is 7.38. The zero-order chi connectivity index (χ0) is 20.2. The molecule has 0 amide bonds. The highest BCUT2D eigenvalue weighted by molar-refractivity contribution is 9.10. The smallest absolute Gasteiger partial charge is 0.125 e. The Kier molecular flexibility index (Phi) is 17.3. The minimum Gasteiger partial charge on any atom is -0.333 e. The lowest BCUT2D eigenvalue weighted by Gasteiger charge is -2.08. The van der Waals surface area contributed by atoms with Crippen LogP contribution < -0.4 is 11.0 Å². The average molecular weight is 674 g/mol. The second kappa shape index (κ2) is 17.4. The van der Waals surface area contributed by atoms with Crippen LogP contribution in [-0.2, 0) is 13.1 Å². The molecule has 0 unspecified atom stereocenters. The van der Waals surface area contributed by atoms with Gasteiger partial charge in [-0.1, -0.05) is 83.2 Å². The molecule has 2 N–H and O–H groups in total. The predicted molar refractivity (Wildman–Crippen MR) is 143 cm³/mol. The van der Waals surface area contributed by atoms with Gasteiger partial charge in [0, 0.05) is 34.4 Å². The molecule has 2 aromatic rings. The van der Waals surface area contributed by atoms with Crippen molar-refractivity contribution >= 4 is 65.8 Å². The van der Waals surface area contributed by atoms with Gasteiger partial charge in [-0.2, -0.15) is 0 Å². The van der Waals surface area contributed by atoms with E-state index in [9.17, 15) is 0 Å². The van der Waals surface area contributed by atoms with Crippen molar-refractivity contribution in [2.24, 2.45) is 0 Å². The molecule has 0 aliphatic heterocycles. The maximum Gasteiger partial charge on any atom is 0.125 e. The summed E-state index contributed by atoms with van der Waals surface area (Å²) in [5.41, 5.74) is 1.15. The first kappa shape index (κ1) is 29.8. The molecule has 2 rings (SSSR count). The van der Waals surface area contributed by atoms with Gasteiger partial charge in [-0.25, -0.2) is 0 Å². The number of nitrogens with one attached hydrogen (secondary N) is 2. The van der Waals surface area contributed by atoms with E-state index in [1.54, 1.807) is 0 Å². The van der Waals surface area contributed by atoms with Crippen LogP contribution in [0.25, 0.3) is 0 Å². The molecule has 0 atom stereocenters. The normalized spacial score (nSPS) is 10.3. The highest BCUT2D eigenvalue weighted by atomic mass is 79.9. The van der Waals surface area contributed by atoms with Crippen LogP contribution in [0.2, 0.25) is 0 Å². The van der Waals surface area contributed by atoms with E-state index in [1.165, 1.54) is 51.4 Å². The van der Waals surface area contributed by atoms with E-state index in [2.05, 4.69) is 31.9 Å². The van der Waals surface area contributed by atoms with Gasteiger partial charge in [0.25, 0.3) is 0 Å². The summed E-state index contributed by atoms with van der Waals surface area (Å²) in [6, 6.07) is 7.70. The SMILES string of the molecule is Br.Br.N=c1cc(Br)ccn1CCCCCCCCCCCCn1ccc(Br)cc1=N. The summed E-state index contributed by atoms with van der Waals surface area (Å²) in [5.74, 6) is 0. The van der Waals surface area contributed by atoms with Crippen LogP contribution in [0, 0.1) is 10.8 Å². The third-order valence-electron chi connectivity index (χ3n) is 5.04. The number of pyridine rings is 2. The first-order valence-electron chi connectivity index (χ1n) is 10.4. The lowest BCUT2D eigenvalue weighted by atomic mass is 10.1. The van der Waals surface area contributed by atoms with E-state index >= 15 is 0 Å². The number of hydrogen-bond donors (Lipinski definition) is 2. The van der Waals surface area contributed by atoms with Gasteiger partial charge >= 0.3 is 0 Å². The molecule has 4 nitrogen and oxygen atoms in total. The van der Waals surface area contributed by atoms with Crippen LogP contribution in [0.1, 0.15) is 64.2 Å². The highest BCUT2D eigenvalue weighted by Crippen LogP contribution is 2.12. The fourth-order valence-corrected chi connectivity index (χ4v) is 4.04. The quantitative estimate of drug-likeness (QED) is 0.207. The molecular formula is C22H34Br4N4. The minimum atomic E-state index is 0. The van der Waals surface area contributed by atoms with Gasteiger partial charge in [-0.3, -0.25) is 10.8 Å². The Bertz CT molecular complexity index is 763. The van der Waals surface area contributed by atoms with Gasteiger partial charge < -0.3 is 9.13 Å². The summed E-state index contributed by atoms with van der Waals surface area (Å²) < 4.78 is 5.98. The molecule has 0 aliphatic carbocycles. The van der Waals surface area contributed by atoms with E-state index in [0.29, 0.717) is 11.0 Å². The lowest BCUT2D eigenvalue weighted by Crippen LogP contribution is -2.18. The Morgan fingerprint density at radius 2 is 0.867 bits per heavy atom. The Labute approximate surface area is 218 Å². The van der Waals surface area contributed by atoms with Crippen molar-refractivity contribution < 1.29 is 0 Å². The van der Waals surface area contributed by atoms with Crippen LogP contribution in [-0.4, -0.2) is 9.13 Å². The summed E-state index contributed by atoms with van der Waals surface area (Å²) in [6.07, 6.45) is 16.7. The van der Waals surface area contributed by atoms with Crippen molar-refractivity contribution in [3.8, 4) is 0 Å². The van der Waals surface area contributed by atoms with Crippen molar-refractivity contribution in [1.29, 1.82) is 10.8 Å². The molecule has 2 heterocycles. The van der Waals surface area contributed by atoms with E-state index in [1.807, 2.05) is 45.8 Å². The van der Waals surface area contributed by atoms with E-state index < -0.39 is 0 Å². The van der Waals surface area contributed by atoms with Crippen molar-refractivity contribution in [3.05, 3.63) is 56.6 Å². The number of nitrogens with zero attached hydrogens (tertiary/aromatic N) is 2. The van der Waals surface area contributed by atoms with E-state index in [0.717, 1.165) is 34.9 Å². The highest BCUT2D eigenvalue weighted by Gasteiger charge is 1.97. The first-order valence-corrected chi connectivity index (χ1v) is 12.0. The minimum absolute atomic E-state index is 0. The van der Waals surface area contributed by atoms with Gasteiger partial charge in [0.15, 0.2) is 0 Å². The summed E-state index contributed by atoms with van der Waals surface area (Å²) in [6.45, 7) is 1.89. The standard InChI is InChI=1S/C22H32Br2N4.2BrH/c23-19-11-15-27(21(25)17-19)13-9-7-5-3-1-2-4-6-8-10-14-28-16-12-20(24)18-22(28)26;;/h11-12,15-18,25-26H,1-10,13-14H2;2*1H. The summed E-state index contributed by atoms with van der Waals surface area (Å²) >= 11 is 6.81. The topological polar surface area (TPSA) is 57.6 Å². The van der Waals surface area contributed by atoms with Crippen molar-refractivity contribution in [3.63, 3.8) is 0 Å². The van der Waals surface area contributed by atoms with Gasteiger partial charge in [-0.15, -0.1) is 34.0 Å². The van der Waals surface area contributed by atoms with Crippen LogP contribution in [0.15, 0.2) is 45.6 Å². The van der Waals surface area contributed by atoms with Crippen LogP contribution >= 0.6 is 65.8 Å². The number of hydrogen-bond acceptors (Lipinski definition) is 2. The Morgan fingerprint density at radius 3 is 1.17 bits per heavy atom. The lowest BCUT2D eigenvalue weighted by molar-refractivity contribution is 0.513. The Morgan fingerprint density at radius 1 is 0.567 bits per heavy atom. The van der Waals surface area contributed by atoms with Gasteiger partial charge in [0.05, 0.1) is 0 Å². The molecule has 30 heavy (non-hydrogen) atoms. The maximum absolute atomic E-state index is 7.94. The molecule has 170 valence electrons. The Balaban J connectivity index is 0.00000420. The number of rotatable bonds is 13. The molecule has 0 spiro atoms. The first-order chi connectivity index (χ1) is 13.6. The number of halogens is 4. The molecule has 0 radical (unpaired) electrons. The summed E-state index contributed by atoms with van der Waals surface area (Å²) in [5, 5.41) is 15.9. The summed E-state index contributed by atoms with van der Waals surface area (Å²) in [4.78, 5) is 0. The van der Waals surface area contributed by atoms with Crippen molar-refractivity contribution in [1.82, 2.24) is 9.13 Å². The number of aromatic nitrogens is 2. The molecule has 0 aliphatic rings. The average Bonchev–Trinajstić information content (AvgIpc) is 2.65. The molecule has 0 saturated carbocycles. The van der Waals surface area contributed by atoms with Crippen molar-refractivity contribution in [2.75, 3.05) is 0 Å². The van der Waals surface area contributed by atoms with Crippen LogP contribution in [0.4, 0.5) is 0 Å². The largest absolute Gasteiger partial charge is 0.333 e. The number of aryl methyl sites for hydroxylation is 2. The van der Waals surface area contributed by atoms with Crippen LogP contribution in [0.5, 0.6) is 0 Å². The molecule has 0 saturated heterocycles. The Hall–Kier alpha value is -0.180. The van der Waals surface area contributed by atoms with Crippen LogP contribution in [0.3, 0.4) is 0 Å². The molecular weight excluding hydrogens is 640 g/mol. The third kappa shape index (κ3) is 12.0. The molecule has 0 fully saturated rings. The zero-order valence-corrected chi connectivity index (χ0v) is 24.0. The monoisotopic (exact) mass is 670 g/mol. The van der Waals surface area contributed by atoms with Gasteiger partial charge in [0.1, 0.15) is 11.0 Å². The fourth-order valence-electron chi connectivity index (χ4n) is 3.37. The molecule has 8 heteroatoms. The van der Waals surface area contributed by atoms with E-state index in [4.69, 9.17) is 10.8 Å². The molecule has 0 bridgehead atoms. The van der Waals surface area contributed by atoms with E-state index in [-0.39, 0.29) is 34.0 Å². The maximum atomic E-state index is 7.94. The zero-order valence-electron chi connectivity index (χ0n) is 17.4. The van der Waals surface area contributed by atoms with Gasteiger partial charge in [0.2, 0.25) is 0 Å². The van der Waals surface area contributed by atoms with Gasteiger partial charge in [-0.05, 0) is 37.1 Å². The molecule has 2 aromatic heterocycles. The summed E-state index contributed by atoms with van der Waals surface area (Å²) in [7, 11) is 0. The third-order valence-corrected chi connectivity index (χ3v) is 6.03. The number of unbranched alkanes of at least 4 members (excludes halogenated alkanes) is 9.